The van der Waals surface area contributed by atoms with E-state index >= 15 is 0 Å². The molecule has 0 amide bonds. The number of ether oxygens (including phenoxy) is 2. The monoisotopic (exact) mass is 282 g/mol. The summed E-state index contributed by atoms with van der Waals surface area (Å²) >= 11 is 6.02. The molecule has 19 heavy (non-hydrogen) atoms. The largest absolute Gasteiger partial charge is 0.490 e. The molecule has 0 atom stereocenters. The van der Waals surface area contributed by atoms with Crippen LogP contribution in [-0.2, 0) is 5.88 Å². The zero-order chi connectivity index (χ0) is 13.5. The molecular formula is C16H23ClO2. The Kier molecular flexibility index (Phi) is 5.84. The van der Waals surface area contributed by atoms with E-state index in [4.69, 9.17) is 21.1 Å². The van der Waals surface area contributed by atoms with Crippen LogP contribution in [0.1, 0.15) is 51.0 Å². The summed E-state index contributed by atoms with van der Waals surface area (Å²) in [4.78, 5) is 0. The van der Waals surface area contributed by atoms with Crippen molar-refractivity contribution in [2.24, 2.45) is 0 Å². The summed E-state index contributed by atoms with van der Waals surface area (Å²) < 4.78 is 11.9. The first-order valence-electron chi connectivity index (χ1n) is 7.32. The van der Waals surface area contributed by atoms with E-state index in [1.54, 1.807) is 0 Å². The van der Waals surface area contributed by atoms with Gasteiger partial charge in [0.15, 0.2) is 11.5 Å². The van der Waals surface area contributed by atoms with Crippen molar-refractivity contribution in [3.63, 3.8) is 0 Å². The van der Waals surface area contributed by atoms with Gasteiger partial charge in [-0.1, -0.05) is 25.0 Å². The Balaban J connectivity index is 2.15. The highest BCUT2D eigenvalue weighted by atomic mass is 35.5. The van der Waals surface area contributed by atoms with Gasteiger partial charge in [-0.2, -0.15) is 0 Å². The van der Waals surface area contributed by atoms with Crippen molar-refractivity contribution in [1.82, 2.24) is 0 Å². The standard InChI is InChI=1S/C16H23ClO2/c1-2-18-15-11-7-8-13(12-17)16(15)19-14-9-5-3-4-6-10-14/h7-8,11,14H,2-6,9-10,12H2,1H3. The first-order chi connectivity index (χ1) is 9.35. The minimum Gasteiger partial charge on any atom is -0.490 e. The number of rotatable bonds is 5. The maximum Gasteiger partial charge on any atom is 0.165 e. The van der Waals surface area contributed by atoms with Gasteiger partial charge >= 0.3 is 0 Å². The average molecular weight is 283 g/mol. The smallest absolute Gasteiger partial charge is 0.165 e. The second kappa shape index (κ2) is 7.64. The molecule has 0 spiro atoms. The summed E-state index contributed by atoms with van der Waals surface area (Å²) in [5.41, 5.74) is 1.02. The Labute approximate surface area is 121 Å². The third-order valence-corrected chi connectivity index (χ3v) is 3.88. The van der Waals surface area contributed by atoms with E-state index in [-0.39, 0.29) is 0 Å². The zero-order valence-electron chi connectivity index (χ0n) is 11.7. The number of para-hydroxylation sites is 1. The SMILES string of the molecule is CCOc1cccc(CCl)c1OC1CCCCCC1. The fourth-order valence-electron chi connectivity index (χ4n) is 2.60. The van der Waals surface area contributed by atoms with Gasteiger partial charge in [0.1, 0.15) is 0 Å². The topological polar surface area (TPSA) is 18.5 Å². The van der Waals surface area contributed by atoms with Crippen LogP contribution in [0.2, 0.25) is 0 Å². The molecule has 0 radical (unpaired) electrons. The Hall–Kier alpha value is -0.890. The fourth-order valence-corrected chi connectivity index (χ4v) is 2.81. The van der Waals surface area contributed by atoms with E-state index in [2.05, 4.69) is 0 Å². The lowest BCUT2D eigenvalue weighted by Gasteiger charge is -2.21. The maximum absolute atomic E-state index is 6.23. The molecule has 106 valence electrons. The predicted octanol–water partition coefficient (Wildman–Crippen LogP) is 4.93. The van der Waals surface area contributed by atoms with Crippen LogP contribution in [0.3, 0.4) is 0 Å². The van der Waals surface area contributed by atoms with Crippen LogP contribution >= 0.6 is 11.6 Å². The fraction of sp³-hybridized carbons (Fsp3) is 0.625. The molecule has 0 bridgehead atoms. The van der Waals surface area contributed by atoms with E-state index in [1.165, 1.54) is 25.7 Å². The first kappa shape index (κ1) is 14.5. The molecule has 0 aliphatic heterocycles. The van der Waals surface area contributed by atoms with Crippen molar-refractivity contribution in [2.75, 3.05) is 6.61 Å². The highest BCUT2D eigenvalue weighted by Crippen LogP contribution is 2.35. The number of alkyl halides is 1. The maximum atomic E-state index is 6.23. The van der Waals surface area contributed by atoms with Gasteiger partial charge in [0.2, 0.25) is 0 Å². The Morgan fingerprint density at radius 3 is 2.53 bits per heavy atom. The minimum atomic E-state index is 0.311. The summed E-state index contributed by atoms with van der Waals surface area (Å²) in [5, 5.41) is 0. The molecule has 1 aromatic rings. The molecular weight excluding hydrogens is 260 g/mol. The summed E-state index contributed by atoms with van der Waals surface area (Å²) in [7, 11) is 0. The summed E-state index contributed by atoms with van der Waals surface area (Å²) in [6, 6.07) is 5.95. The minimum absolute atomic E-state index is 0.311. The molecule has 2 nitrogen and oxygen atoms in total. The Bertz CT molecular complexity index is 384. The van der Waals surface area contributed by atoms with E-state index in [9.17, 15) is 0 Å². The third kappa shape index (κ3) is 4.04. The second-order valence-corrected chi connectivity index (χ2v) is 5.31. The second-order valence-electron chi connectivity index (χ2n) is 5.04. The van der Waals surface area contributed by atoms with Gasteiger partial charge in [0.05, 0.1) is 18.6 Å². The van der Waals surface area contributed by atoms with Crippen LogP contribution in [0, 0.1) is 0 Å². The normalized spacial score (nSPS) is 16.9. The van der Waals surface area contributed by atoms with Crippen molar-refractivity contribution in [3.8, 4) is 11.5 Å². The molecule has 0 aromatic heterocycles. The van der Waals surface area contributed by atoms with Gasteiger partial charge in [-0.05, 0) is 38.7 Å². The molecule has 1 aromatic carbocycles. The molecule has 1 aliphatic carbocycles. The molecule has 1 aliphatic rings. The zero-order valence-corrected chi connectivity index (χ0v) is 12.4. The average Bonchev–Trinajstić information content (AvgIpc) is 2.69. The molecule has 0 N–H and O–H groups in total. The summed E-state index contributed by atoms with van der Waals surface area (Å²) in [6.45, 7) is 2.63. The third-order valence-electron chi connectivity index (χ3n) is 3.59. The van der Waals surface area contributed by atoms with Crippen LogP contribution < -0.4 is 9.47 Å². The summed E-state index contributed by atoms with van der Waals surface area (Å²) in [5.74, 6) is 2.14. The number of benzene rings is 1. The highest BCUT2D eigenvalue weighted by Gasteiger charge is 2.18. The van der Waals surface area contributed by atoms with Gasteiger partial charge < -0.3 is 9.47 Å². The van der Waals surface area contributed by atoms with E-state index in [0.717, 1.165) is 29.9 Å². The van der Waals surface area contributed by atoms with Gasteiger partial charge in [-0.15, -0.1) is 11.6 Å². The van der Waals surface area contributed by atoms with Crippen LogP contribution in [0.4, 0.5) is 0 Å². The molecule has 0 heterocycles. The highest BCUT2D eigenvalue weighted by molar-refractivity contribution is 6.17. The van der Waals surface area contributed by atoms with Crippen molar-refractivity contribution in [1.29, 1.82) is 0 Å². The van der Waals surface area contributed by atoms with Crippen molar-refractivity contribution in [2.45, 2.75) is 57.4 Å². The van der Waals surface area contributed by atoms with Gasteiger partial charge in [-0.25, -0.2) is 0 Å². The summed E-state index contributed by atoms with van der Waals surface area (Å²) in [6.07, 6.45) is 7.77. The van der Waals surface area contributed by atoms with Crippen LogP contribution in [0.25, 0.3) is 0 Å². The number of hydrogen-bond donors (Lipinski definition) is 0. The molecule has 2 rings (SSSR count). The van der Waals surface area contributed by atoms with Gasteiger partial charge in [0, 0.05) is 5.56 Å². The van der Waals surface area contributed by atoms with Crippen LogP contribution in [0.5, 0.6) is 11.5 Å². The van der Waals surface area contributed by atoms with Crippen molar-refractivity contribution >= 4 is 11.6 Å². The van der Waals surface area contributed by atoms with Crippen LogP contribution in [0.15, 0.2) is 18.2 Å². The molecule has 3 heteroatoms. The Morgan fingerprint density at radius 1 is 1.16 bits per heavy atom. The lowest BCUT2D eigenvalue weighted by Crippen LogP contribution is -2.16. The Morgan fingerprint density at radius 2 is 1.89 bits per heavy atom. The van der Waals surface area contributed by atoms with E-state index < -0.39 is 0 Å². The number of halogens is 1. The van der Waals surface area contributed by atoms with Gasteiger partial charge in [-0.3, -0.25) is 0 Å². The predicted molar refractivity (Wildman–Crippen MR) is 79.3 cm³/mol. The number of hydrogen-bond acceptors (Lipinski definition) is 2. The molecule has 1 saturated carbocycles. The lowest BCUT2D eigenvalue weighted by atomic mass is 10.1. The molecule has 1 fully saturated rings. The quantitative estimate of drug-likeness (QED) is 0.563. The lowest BCUT2D eigenvalue weighted by molar-refractivity contribution is 0.172. The molecule has 0 saturated heterocycles. The van der Waals surface area contributed by atoms with Crippen molar-refractivity contribution < 1.29 is 9.47 Å². The van der Waals surface area contributed by atoms with Gasteiger partial charge in [0.25, 0.3) is 0 Å². The van der Waals surface area contributed by atoms with E-state index in [1.807, 2.05) is 25.1 Å². The van der Waals surface area contributed by atoms with E-state index in [0.29, 0.717) is 18.6 Å². The molecule has 0 unspecified atom stereocenters. The van der Waals surface area contributed by atoms with Crippen molar-refractivity contribution in [3.05, 3.63) is 23.8 Å². The van der Waals surface area contributed by atoms with Crippen LogP contribution in [-0.4, -0.2) is 12.7 Å². The first-order valence-corrected chi connectivity index (χ1v) is 7.86.